The first-order valence-corrected chi connectivity index (χ1v) is 9.66. The molecule has 0 aliphatic heterocycles. The first-order valence-electron chi connectivity index (χ1n) is 9.66. The van der Waals surface area contributed by atoms with Gasteiger partial charge in [0.2, 0.25) is 0 Å². The highest BCUT2D eigenvalue weighted by atomic mass is 16.5. The van der Waals surface area contributed by atoms with Crippen LogP contribution in [0, 0.1) is 6.92 Å². The summed E-state index contributed by atoms with van der Waals surface area (Å²) in [5, 5.41) is 10.4. The van der Waals surface area contributed by atoms with E-state index >= 15 is 0 Å². The number of phenolic OH excluding ortho intramolecular Hbond substituents is 1. The normalized spacial score (nSPS) is 11.2. The number of methoxy groups -OCH3 is 1. The summed E-state index contributed by atoms with van der Waals surface area (Å²) in [7, 11) is 1.47. The van der Waals surface area contributed by atoms with Crippen LogP contribution in [0.1, 0.15) is 21.7 Å². The zero-order valence-electron chi connectivity index (χ0n) is 17.1. The van der Waals surface area contributed by atoms with E-state index in [9.17, 15) is 14.7 Å². The Labute approximate surface area is 178 Å². The maximum Gasteiger partial charge on any atom is 0.265 e. The van der Waals surface area contributed by atoms with Crippen LogP contribution < -0.4 is 10.3 Å². The van der Waals surface area contributed by atoms with E-state index in [4.69, 9.17) is 4.74 Å². The molecule has 0 aliphatic rings. The second-order valence-corrected chi connectivity index (χ2v) is 7.00. The Balaban J connectivity index is 1.68. The second kappa shape index (κ2) is 8.28. The number of para-hydroxylation sites is 1. The third-order valence-electron chi connectivity index (χ3n) is 4.96. The number of aromatic nitrogens is 2. The maximum absolute atomic E-state index is 13.0. The van der Waals surface area contributed by atoms with Gasteiger partial charge in [-0.05, 0) is 55.0 Å². The van der Waals surface area contributed by atoms with E-state index in [0.717, 1.165) is 0 Å². The molecule has 1 aromatic heterocycles. The van der Waals surface area contributed by atoms with Crippen molar-refractivity contribution < 1.29 is 14.6 Å². The lowest BCUT2D eigenvalue weighted by atomic mass is 10.1. The van der Waals surface area contributed by atoms with Gasteiger partial charge in [-0.3, -0.25) is 14.2 Å². The predicted molar refractivity (Wildman–Crippen MR) is 120 cm³/mol. The number of carbonyl (C=O) groups excluding carboxylic acids is 1. The van der Waals surface area contributed by atoms with E-state index in [1.165, 1.54) is 23.8 Å². The molecule has 4 rings (SSSR count). The van der Waals surface area contributed by atoms with Gasteiger partial charge in [-0.2, -0.15) is 0 Å². The van der Waals surface area contributed by atoms with E-state index in [1.54, 1.807) is 67.6 Å². The third kappa shape index (κ3) is 3.96. The number of hydrogen-bond acceptors (Lipinski definition) is 5. The molecule has 0 radical (unpaired) electrons. The molecule has 0 aliphatic carbocycles. The number of carbonyl (C=O) groups is 1. The van der Waals surface area contributed by atoms with Gasteiger partial charge in [-0.1, -0.05) is 36.4 Å². The molecular weight excluding hydrogens is 392 g/mol. The number of rotatable bonds is 5. The Hall–Kier alpha value is -4.19. The molecule has 0 bridgehead atoms. The summed E-state index contributed by atoms with van der Waals surface area (Å²) in [4.78, 5) is 30.2. The van der Waals surface area contributed by atoms with Gasteiger partial charge in [0.05, 0.1) is 23.7 Å². The summed E-state index contributed by atoms with van der Waals surface area (Å²) in [6, 6.07) is 18.9. The molecule has 6 nitrogen and oxygen atoms in total. The van der Waals surface area contributed by atoms with Crippen molar-refractivity contribution in [3.8, 4) is 17.2 Å². The van der Waals surface area contributed by atoms with Crippen molar-refractivity contribution in [2.75, 3.05) is 7.11 Å². The quantitative estimate of drug-likeness (QED) is 0.390. The van der Waals surface area contributed by atoms with E-state index in [1.807, 2.05) is 6.07 Å². The third-order valence-corrected chi connectivity index (χ3v) is 4.96. The summed E-state index contributed by atoms with van der Waals surface area (Å²) in [5.41, 5.74) is 2.12. The average molecular weight is 412 g/mol. The van der Waals surface area contributed by atoms with Gasteiger partial charge >= 0.3 is 0 Å². The van der Waals surface area contributed by atoms with Crippen LogP contribution in [0.15, 0.2) is 77.6 Å². The summed E-state index contributed by atoms with van der Waals surface area (Å²) < 4.78 is 6.53. The first kappa shape index (κ1) is 20.1. The number of phenols is 1. The van der Waals surface area contributed by atoms with Crippen LogP contribution >= 0.6 is 0 Å². The van der Waals surface area contributed by atoms with Crippen LogP contribution in [0.5, 0.6) is 11.5 Å². The molecule has 31 heavy (non-hydrogen) atoms. The molecule has 0 spiro atoms. The molecule has 1 N–H and O–H groups in total. The van der Waals surface area contributed by atoms with Crippen molar-refractivity contribution in [3.63, 3.8) is 0 Å². The Bertz CT molecular complexity index is 1390. The van der Waals surface area contributed by atoms with E-state index in [0.29, 0.717) is 39.3 Å². The highest BCUT2D eigenvalue weighted by Gasteiger charge is 2.11. The highest BCUT2D eigenvalue weighted by molar-refractivity contribution is 6.07. The van der Waals surface area contributed by atoms with Gasteiger partial charge < -0.3 is 9.84 Å². The zero-order valence-corrected chi connectivity index (χ0v) is 17.1. The lowest BCUT2D eigenvalue weighted by Crippen LogP contribution is -2.22. The van der Waals surface area contributed by atoms with Crippen LogP contribution in [0.3, 0.4) is 0 Å². The molecule has 0 saturated heterocycles. The van der Waals surface area contributed by atoms with Gasteiger partial charge in [0.15, 0.2) is 17.3 Å². The Morgan fingerprint density at radius 1 is 1.06 bits per heavy atom. The molecular formula is C25H20N2O4. The van der Waals surface area contributed by atoms with Crippen molar-refractivity contribution in [1.29, 1.82) is 0 Å². The Morgan fingerprint density at radius 3 is 2.65 bits per heavy atom. The van der Waals surface area contributed by atoms with Gasteiger partial charge in [-0.15, -0.1) is 0 Å². The molecule has 0 saturated carbocycles. The molecule has 1 heterocycles. The molecule has 3 aromatic carbocycles. The minimum absolute atomic E-state index is 0.00208. The molecule has 0 amide bonds. The zero-order chi connectivity index (χ0) is 22.0. The van der Waals surface area contributed by atoms with Crippen molar-refractivity contribution in [2.24, 2.45) is 0 Å². The molecule has 0 unspecified atom stereocenters. The fourth-order valence-corrected chi connectivity index (χ4v) is 3.42. The Kier molecular flexibility index (Phi) is 5.37. The number of nitrogens with zero attached hydrogens (tertiary/aromatic N) is 2. The number of aromatic hydroxyl groups is 1. The lowest BCUT2D eigenvalue weighted by Gasteiger charge is -2.11. The molecule has 0 atom stereocenters. The van der Waals surface area contributed by atoms with Gasteiger partial charge in [0, 0.05) is 5.56 Å². The standard InChI is InChI=1S/C25H20N2O4/c1-16-26-21-9-4-3-8-20(21)25(30)27(16)19-7-5-6-18(15-19)22(28)12-10-17-11-13-24(31-2)23(29)14-17/h3-15,29H,1-2H3/b12-10+. The summed E-state index contributed by atoms with van der Waals surface area (Å²) in [5.74, 6) is 0.674. The van der Waals surface area contributed by atoms with Crippen LogP contribution in [0.2, 0.25) is 0 Å². The number of hydrogen-bond donors (Lipinski definition) is 1. The molecule has 154 valence electrons. The van der Waals surface area contributed by atoms with Crippen LogP contribution in [0.4, 0.5) is 0 Å². The predicted octanol–water partition coefficient (Wildman–Crippen LogP) is 4.30. The minimum Gasteiger partial charge on any atom is -0.504 e. The largest absolute Gasteiger partial charge is 0.504 e. The minimum atomic E-state index is -0.225. The number of ketones is 1. The molecule has 0 fully saturated rings. The fraction of sp³-hybridized carbons (Fsp3) is 0.0800. The van der Waals surface area contributed by atoms with Gasteiger partial charge in [-0.25, -0.2) is 4.98 Å². The number of allylic oxidation sites excluding steroid dienone is 1. The van der Waals surface area contributed by atoms with E-state index < -0.39 is 0 Å². The number of ether oxygens (including phenoxy) is 1. The van der Waals surface area contributed by atoms with E-state index in [-0.39, 0.29) is 17.1 Å². The maximum atomic E-state index is 13.0. The second-order valence-electron chi connectivity index (χ2n) is 7.00. The van der Waals surface area contributed by atoms with Crippen molar-refractivity contribution in [3.05, 3.63) is 100 Å². The van der Waals surface area contributed by atoms with Crippen molar-refractivity contribution >= 4 is 22.8 Å². The van der Waals surface area contributed by atoms with Crippen LogP contribution in [-0.4, -0.2) is 27.6 Å². The van der Waals surface area contributed by atoms with Crippen molar-refractivity contribution in [1.82, 2.24) is 9.55 Å². The van der Waals surface area contributed by atoms with Crippen LogP contribution in [-0.2, 0) is 0 Å². The number of fused-ring (bicyclic) bond motifs is 1. The summed E-state index contributed by atoms with van der Waals surface area (Å²) >= 11 is 0. The monoisotopic (exact) mass is 412 g/mol. The number of benzene rings is 3. The average Bonchev–Trinajstić information content (AvgIpc) is 2.78. The summed E-state index contributed by atoms with van der Waals surface area (Å²) in [6.07, 6.45) is 3.04. The van der Waals surface area contributed by atoms with Crippen LogP contribution in [0.25, 0.3) is 22.7 Å². The fourth-order valence-electron chi connectivity index (χ4n) is 3.42. The molecule has 6 heteroatoms. The van der Waals surface area contributed by atoms with Gasteiger partial charge in [0.25, 0.3) is 5.56 Å². The highest BCUT2D eigenvalue weighted by Crippen LogP contribution is 2.26. The lowest BCUT2D eigenvalue weighted by molar-refractivity contribution is 0.104. The SMILES string of the molecule is COc1ccc(/C=C/C(=O)c2cccc(-n3c(C)nc4ccccc4c3=O)c2)cc1O. The smallest absolute Gasteiger partial charge is 0.265 e. The number of aryl methyl sites for hydroxylation is 1. The van der Waals surface area contributed by atoms with Gasteiger partial charge in [0.1, 0.15) is 5.82 Å². The molecule has 4 aromatic rings. The Morgan fingerprint density at radius 2 is 1.87 bits per heavy atom. The van der Waals surface area contributed by atoms with E-state index in [2.05, 4.69) is 4.98 Å². The van der Waals surface area contributed by atoms with Crippen molar-refractivity contribution in [2.45, 2.75) is 6.92 Å². The topological polar surface area (TPSA) is 81.4 Å². The summed E-state index contributed by atoms with van der Waals surface area (Å²) in [6.45, 7) is 1.76. The first-order chi connectivity index (χ1) is 15.0.